The summed E-state index contributed by atoms with van der Waals surface area (Å²) in [7, 11) is 0. The summed E-state index contributed by atoms with van der Waals surface area (Å²) >= 11 is 1.57. The van der Waals surface area contributed by atoms with Gasteiger partial charge in [0.1, 0.15) is 6.29 Å². The molecule has 0 atom stereocenters. The van der Waals surface area contributed by atoms with Gasteiger partial charge in [-0.3, -0.25) is 4.79 Å². The van der Waals surface area contributed by atoms with E-state index in [-0.39, 0.29) is 6.61 Å². The fourth-order valence-corrected chi connectivity index (χ4v) is 2.58. The minimum absolute atomic E-state index is 0.123. The Morgan fingerprint density at radius 1 is 1.26 bits per heavy atom. The Morgan fingerprint density at radius 2 is 2.17 bits per heavy atom. The van der Waals surface area contributed by atoms with Crippen LogP contribution in [0, 0.1) is 0 Å². The van der Waals surface area contributed by atoms with Gasteiger partial charge < -0.3 is 14.0 Å². The Morgan fingerprint density at radius 3 is 2.91 bits per heavy atom. The highest BCUT2D eigenvalue weighted by molar-refractivity contribution is 7.08. The first kappa shape index (κ1) is 15.2. The second-order valence-electron chi connectivity index (χ2n) is 4.57. The molecule has 0 bridgehead atoms. The number of carbonyl (C=O) groups excluding carboxylic acids is 1. The van der Waals surface area contributed by atoms with Crippen LogP contribution in [0.25, 0.3) is 11.4 Å². The molecule has 0 amide bonds. The van der Waals surface area contributed by atoms with E-state index >= 15 is 0 Å². The van der Waals surface area contributed by atoms with Gasteiger partial charge in [0.15, 0.2) is 18.1 Å². The van der Waals surface area contributed by atoms with Crippen LogP contribution < -0.4 is 9.47 Å². The van der Waals surface area contributed by atoms with E-state index in [9.17, 15) is 4.79 Å². The van der Waals surface area contributed by atoms with E-state index in [1.54, 1.807) is 29.5 Å². The fraction of sp³-hybridized carbons (Fsp3) is 0.188. The number of hydrogen-bond acceptors (Lipinski definition) is 7. The zero-order chi connectivity index (χ0) is 16.1. The first-order valence-corrected chi connectivity index (χ1v) is 7.94. The van der Waals surface area contributed by atoms with Gasteiger partial charge in [0.05, 0.1) is 6.61 Å². The molecule has 1 aromatic carbocycles. The maximum Gasteiger partial charge on any atom is 0.264 e. The van der Waals surface area contributed by atoms with Crippen molar-refractivity contribution in [1.29, 1.82) is 0 Å². The zero-order valence-corrected chi connectivity index (χ0v) is 13.2. The quantitative estimate of drug-likeness (QED) is 0.616. The first-order chi connectivity index (χ1) is 11.3. The second kappa shape index (κ2) is 7.06. The highest BCUT2D eigenvalue weighted by Gasteiger charge is 2.12. The molecule has 23 heavy (non-hydrogen) atoms. The smallest absolute Gasteiger partial charge is 0.264 e. The van der Waals surface area contributed by atoms with Crippen LogP contribution in [0.3, 0.4) is 0 Å². The molecule has 6 nitrogen and oxygen atoms in total. The summed E-state index contributed by atoms with van der Waals surface area (Å²) < 4.78 is 16.3. The maximum atomic E-state index is 10.8. The lowest BCUT2D eigenvalue weighted by Gasteiger charge is -2.10. The molecule has 0 aliphatic carbocycles. The fourth-order valence-electron chi connectivity index (χ4n) is 1.95. The topological polar surface area (TPSA) is 74.5 Å². The molecule has 0 unspecified atom stereocenters. The van der Waals surface area contributed by atoms with Crippen LogP contribution in [-0.2, 0) is 6.61 Å². The standard InChI is InChI=1S/C16H14N2O4S/c1-2-20-14-7-11(8-19)3-4-13(14)21-9-15-17-16(18-22-15)12-5-6-23-10-12/h3-8,10H,2,9H2,1H3. The molecule has 2 aromatic heterocycles. The maximum absolute atomic E-state index is 10.8. The molecule has 3 rings (SSSR count). The lowest BCUT2D eigenvalue weighted by Crippen LogP contribution is -2.00. The van der Waals surface area contributed by atoms with Crippen molar-refractivity contribution in [2.24, 2.45) is 0 Å². The van der Waals surface area contributed by atoms with E-state index in [1.165, 1.54) is 0 Å². The van der Waals surface area contributed by atoms with Crippen LogP contribution in [0.5, 0.6) is 11.5 Å². The molecule has 3 aromatic rings. The summed E-state index contributed by atoms with van der Waals surface area (Å²) in [6.07, 6.45) is 0.761. The van der Waals surface area contributed by atoms with Crippen molar-refractivity contribution >= 4 is 17.6 Å². The Hall–Kier alpha value is -2.67. The van der Waals surface area contributed by atoms with E-state index in [4.69, 9.17) is 14.0 Å². The van der Waals surface area contributed by atoms with Crippen molar-refractivity contribution in [2.45, 2.75) is 13.5 Å². The Kier molecular flexibility index (Phi) is 4.68. The van der Waals surface area contributed by atoms with Gasteiger partial charge in [-0.05, 0) is 36.6 Å². The molecule has 0 saturated heterocycles. The molecule has 0 spiro atoms. The normalized spacial score (nSPS) is 10.5. The third kappa shape index (κ3) is 3.57. The number of ether oxygens (including phenoxy) is 2. The third-order valence-electron chi connectivity index (χ3n) is 3.00. The van der Waals surface area contributed by atoms with Gasteiger partial charge >= 0.3 is 0 Å². The van der Waals surface area contributed by atoms with Gasteiger partial charge in [-0.1, -0.05) is 5.16 Å². The number of carbonyl (C=O) groups is 1. The Labute approximate surface area is 136 Å². The number of thiophene rings is 1. The van der Waals surface area contributed by atoms with Crippen molar-refractivity contribution < 1.29 is 18.8 Å². The summed E-state index contributed by atoms with van der Waals surface area (Å²) in [6.45, 7) is 2.46. The number of aldehydes is 1. The Bertz CT molecular complexity index is 783. The molecule has 0 aliphatic rings. The molecule has 0 aliphatic heterocycles. The van der Waals surface area contributed by atoms with Crippen LogP contribution >= 0.6 is 11.3 Å². The molecular formula is C16H14N2O4S. The van der Waals surface area contributed by atoms with Crippen molar-refractivity contribution in [3.05, 3.63) is 46.5 Å². The molecule has 2 heterocycles. The molecule has 0 fully saturated rings. The monoisotopic (exact) mass is 330 g/mol. The average molecular weight is 330 g/mol. The van der Waals surface area contributed by atoms with E-state index in [0.717, 1.165) is 11.8 Å². The van der Waals surface area contributed by atoms with Gasteiger partial charge in [-0.25, -0.2) is 0 Å². The van der Waals surface area contributed by atoms with Crippen LogP contribution in [-0.4, -0.2) is 23.0 Å². The first-order valence-electron chi connectivity index (χ1n) is 7.00. The number of hydrogen-bond donors (Lipinski definition) is 0. The number of aromatic nitrogens is 2. The van der Waals surface area contributed by atoms with E-state index in [0.29, 0.717) is 35.4 Å². The van der Waals surface area contributed by atoms with Gasteiger partial charge in [0.25, 0.3) is 5.89 Å². The summed E-state index contributed by atoms with van der Waals surface area (Å²) in [4.78, 5) is 15.1. The van der Waals surface area contributed by atoms with E-state index in [2.05, 4.69) is 10.1 Å². The lowest BCUT2D eigenvalue weighted by molar-refractivity contribution is 0.112. The molecular weight excluding hydrogens is 316 g/mol. The van der Waals surface area contributed by atoms with Gasteiger partial charge in [0.2, 0.25) is 5.82 Å². The highest BCUT2D eigenvalue weighted by atomic mass is 32.1. The van der Waals surface area contributed by atoms with E-state index in [1.807, 2.05) is 23.8 Å². The summed E-state index contributed by atoms with van der Waals surface area (Å²) in [5.74, 6) is 1.93. The molecule has 0 saturated carbocycles. The Balaban J connectivity index is 1.72. The molecule has 0 N–H and O–H groups in total. The van der Waals surface area contributed by atoms with Crippen molar-refractivity contribution in [2.75, 3.05) is 6.61 Å². The van der Waals surface area contributed by atoms with E-state index < -0.39 is 0 Å². The summed E-state index contributed by atoms with van der Waals surface area (Å²) in [5, 5.41) is 7.81. The minimum Gasteiger partial charge on any atom is -0.490 e. The molecule has 0 radical (unpaired) electrons. The molecule has 7 heteroatoms. The minimum atomic E-state index is 0.123. The molecule has 118 valence electrons. The van der Waals surface area contributed by atoms with Crippen LogP contribution in [0.4, 0.5) is 0 Å². The highest BCUT2D eigenvalue weighted by Crippen LogP contribution is 2.29. The van der Waals surface area contributed by atoms with Crippen molar-refractivity contribution in [3.8, 4) is 22.9 Å². The largest absolute Gasteiger partial charge is 0.490 e. The average Bonchev–Trinajstić information content (AvgIpc) is 3.25. The SMILES string of the molecule is CCOc1cc(C=O)ccc1OCc1nc(-c2ccsc2)no1. The van der Waals surface area contributed by atoms with Crippen LogP contribution in [0.1, 0.15) is 23.2 Å². The van der Waals surface area contributed by atoms with Gasteiger partial charge in [-0.15, -0.1) is 0 Å². The number of nitrogens with zero attached hydrogens (tertiary/aromatic N) is 2. The second-order valence-corrected chi connectivity index (χ2v) is 5.35. The number of benzene rings is 1. The van der Waals surface area contributed by atoms with Crippen LogP contribution in [0.15, 0.2) is 39.5 Å². The summed E-state index contributed by atoms with van der Waals surface area (Å²) in [5.41, 5.74) is 1.44. The third-order valence-corrected chi connectivity index (χ3v) is 3.69. The lowest BCUT2D eigenvalue weighted by atomic mass is 10.2. The zero-order valence-electron chi connectivity index (χ0n) is 12.4. The predicted molar refractivity (Wildman–Crippen MR) is 84.9 cm³/mol. The van der Waals surface area contributed by atoms with Gasteiger partial charge in [0, 0.05) is 16.5 Å². The number of rotatable bonds is 7. The van der Waals surface area contributed by atoms with Crippen molar-refractivity contribution in [1.82, 2.24) is 10.1 Å². The van der Waals surface area contributed by atoms with Gasteiger partial charge in [-0.2, -0.15) is 16.3 Å². The van der Waals surface area contributed by atoms with Crippen molar-refractivity contribution in [3.63, 3.8) is 0 Å². The summed E-state index contributed by atoms with van der Waals surface area (Å²) in [6, 6.07) is 6.91. The van der Waals surface area contributed by atoms with Crippen LogP contribution in [0.2, 0.25) is 0 Å². The predicted octanol–water partition coefficient (Wildman–Crippen LogP) is 3.59.